The number of benzene rings is 1. The third-order valence-corrected chi connectivity index (χ3v) is 3.02. The van der Waals surface area contributed by atoms with Gasteiger partial charge in [0.1, 0.15) is 0 Å². The van der Waals surface area contributed by atoms with E-state index in [1.54, 1.807) is 0 Å². The molecule has 0 radical (unpaired) electrons. The highest BCUT2D eigenvalue weighted by Gasteiger charge is 2.11. The highest BCUT2D eigenvalue weighted by atomic mass is 14.9. The summed E-state index contributed by atoms with van der Waals surface area (Å²) in [6.45, 7) is 5.21. The van der Waals surface area contributed by atoms with Gasteiger partial charge in [0.2, 0.25) is 0 Å². The second kappa shape index (κ2) is 6.31. The first kappa shape index (κ1) is 12.8. The predicted octanol–water partition coefficient (Wildman–Crippen LogP) is 3.28. The Morgan fingerprint density at radius 2 is 2.06 bits per heavy atom. The maximum absolute atomic E-state index is 4.45. The first-order valence-electron chi connectivity index (χ1n) is 6.49. The average Bonchev–Trinajstić information content (AvgIpc) is 2.39. The van der Waals surface area contributed by atoms with Crippen LogP contribution in [0, 0.1) is 6.92 Å². The highest BCUT2D eigenvalue weighted by Crippen LogP contribution is 2.17. The molecule has 0 fully saturated rings. The molecular weight excluding hydrogens is 220 g/mol. The minimum Gasteiger partial charge on any atom is -0.309 e. The Morgan fingerprint density at radius 3 is 2.72 bits per heavy atom. The Hall–Kier alpha value is -1.67. The van der Waals surface area contributed by atoms with Crippen molar-refractivity contribution < 1.29 is 0 Å². The van der Waals surface area contributed by atoms with Crippen molar-refractivity contribution in [2.45, 2.75) is 26.3 Å². The van der Waals surface area contributed by atoms with Crippen LogP contribution in [-0.2, 0) is 6.42 Å². The van der Waals surface area contributed by atoms with Crippen LogP contribution in [-0.4, -0.2) is 11.5 Å². The van der Waals surface area contributed by atoms with Gasteiger partial charge in [0.15, 0.2) is 0 Å². The van der Waals surface area contributed by atoms with Gasteiger partial charge >= 0.3 is 0 Å². The zero-order chi connectivity index (χ0) is 12.8. The van der Waals surface area contributed by atoms with Gasteiger partial charge in [-0.2, -0.15) is 0 Å². The molecule has 0 aliphatic heterocycles. The lowest BCUT2D eigenvalue weighted by Gasteiger charge is -2.17. The second-order valence-corrected chi connectivity index (χ2v) is 4.56. The van der Waals surface area contributed by atoms with Gasteiger partial charge in [-0.3, -0.25) is 4.98 Å². The van der Waals surface area contributed by atoms with Crippen LogP contribution in [0.15, 0.2) is 48.7 Å². The zero-order valence-corrected chi connectivity index (χ0v) is 11.1. The third-order valence-electron chi connectivity index (χ3n) is 3.02. The topological polar surface area (TPSA) is 24.9 Å². The van der Waals surface area contributed by atoms with Crippen LogP contribution in [0.3, 0.4) is 0 Å². The summed E-state index contributed by atoms with van der Waals surface area (Å²) in [5.74, 6) is 0. The molecule has 1 N–H and O–H groups in total. The lowest BCUT2D eigenvalue weighted by atomic mass is 10.0. The number of rotatable bonds is 5. The molecule has 1 aromatic carbocycles. The average molecular weight is 240 g/mol. The molecule has 2 aromatic rings. The number of nitrogens with zero attached hydrogens (tertiary/aromatic N) is 1. The van der Waals surface area contributed by atoms with Crippen molar-refractivity contribution in [3.8, 4) is 0 Å². The fourth-order valence-electron chi connectivity index (χ4n) is 2.18. The van der Waals surface area contributed by atoms with Gasteiger partial charge in [0.05, 0.1) is 11.7 Å². The van der Waals surface area contributed by atoms with E-state index in [1.807, 2.05) is 18.3 Å². The van der Waals surface area contributed by atoms with Crippen LogP contribution in [0.25, 0.3) is 0 Å². The van der Waals surface area contributed by atoms with Gasteiger partial charge in [-0.1, -0.05) is 42.8 Å². The third kappa shape index (κ3) is 3.41. The Balaban J connectivity index is 2.16. The van der Waals surface area contributed by atoms with Gasteiger partial charge in [-0.25, -0.2) is 0 Å². The van der Waals surface area contributed by atoms with Crippen molar-refractivity contribution >= 4 is 0 Å². The van der Waals surface area contributed by atoms with Crippen molar-refractivity contribution in [2.24, 2.45) is 0 Å². The van der Waals surface area contributed by atoms with Gasteiger partial charge in [0.25, 0.3) is 0 Å². The standard InChI is InChI=1S/C16H20N2/c1-3-17-16(15-9-4-5-10-18-15)12-14-8-6-7-13(2)11-14/h4-11,16-17H,3,12H2,1-2H3. The lowest BCUT2D eigenvalue weighted by molar-refractivity contribution is 0.536. The summed E-state index contributed by atoms with van der Waals surface area (Å²) in [6, 6.07) is 15.1. The number of pyridine rings is 1. The molecule has 0 aliphatic rings. The Kier molecular flexibility index (Phi) is 4.48. The molecule has 0 amide bonds. The van der Waals surface area contributed by atoms with Crippen molar-refractivity contribution in [3.63, 3.8) is 0 Å². The highest BCUT2D eigenvalue weighted by molar-refractivity contribution is 5.24. The van der Waals surface area contributed by atoms with Gasteiger partial charge in [-0.05, 0) is 37.6 Å². The molecule has 2 heteroatoms. The maximum atomic E-state index is 4.45. The summed E-state index contributed by atoms with van der Waals surface area (Å²) in [4.78, 5) is 4.45. The number of nitrogens with one attached hydrogen (secondary N) is 1. The van der Waals surface area contributed by atoms with E-state index in [9.17, 15) is 0 Å². The number of hydrogen-bond donors (Lipinski definition) is 1. The molecule has 18 heavy (non-hydrogen) atoms. The first-order chi connectivity index (χ1) is 8.79. The van der Waals surface area contributed by atoms with Crippen LogP contribution in [0.4, 0.5) is 0 Å². The van der Waals surface area contributed by atoms with E-state index >= 15 is 0 Å². The molecule has 1 heterocycles. The van der Waals surface area contributed by atoms with E-state index in [2.05, 4.69) is 54.5 Å². The van der Waals surface area contributed by atoms with Crippen molar-refractivity contribution in [2.75, 3.05) is 6.54 Å². The second-order valence-electron chi connectivity index (χ2n) is 4.56. The minimum atomic E-state index is 0.290. The molecular formula is C16H20N2. The molecule has 1 aromatic heterocycles. The zero-order valence-electron chi connectivity index (χ0n) is 11.1. The van der Waals surface area contributed by atoms with E-state index in [-0.39, 0.29) is 6.04 Å². The van der Waals surface area contributed by atoms with Crippen LogP contribution in [0.1, 0.15) is 29.8 Å². The number of likely N-dealkylation sites (N-methyl/N-ethyl adjacent to an activating group) is 1. The van der Waals surface area contributed by atoms with Gasteiger partial charge in [-0.15, -0.1) is 0 Å². The Morgan fingerprint density at radius 1 is 1.17 bits per heavy atom. The molecule has 0 aliphatic carbocycles. The smallest absolute Gasteiger partial charge is 0.0576 e. The molecule has 94 valence electrons. The summed E-state index contributed by atoms with van der Waals surface area (Å²) in [7, 11) is 0. The Labute approximate surface area is 109 Å². The van der Waals surface area contributed by atoms with Gasteiger partial charge in [0, 0.05) is 6.20 Å². The van der Waals surface area contributed by atoms with Crippen molar-refractivity contribution in [1.29, 1.82) is 0 Å². The van der Waals surface area contributed by atoms with Crippen LogP contribution >= 0.6 is 0 Å². The summed E-state index contributed by atoms with van der Waals surface area (Å²) >= 11 is 0. The summed E-state index contributed by atoms with van der Waals surface area (Å²) in [5.41, 5.74) is 3.77. The minimum absolute atomic E-state index is 0.290. The van der Waals surface area contributed by atoms with Crippen LogP contribution in [0.2, 0.25) is 0 Å². The van der Waals surface area contributed by atoms with E-state index in [1.165, 1.54) is 11.1 Å². The quantitative estimate of drug-likeness (QED) is 0.867. The molecule has 0 spiro atoms. The SMILES string of the molecule is CCNC(Cc1cccc(C)c1)c1ccccn1. The Bertz CT molecular complexity index is 479. The number of aryl methyl sites for hydroxylation is 1. The molecule has 0 saturated heterocycles. The molecule has 1 atom stereocenters. The molecule has 2 nitrogen and oxygen atoms in total. The van der Waals surface area contributed by atoms with E-state index in [0.29, 0.717) is 0 Å². The summed E-state index contributed by atoms with van der Waals surface area (Å²) in [6.07, 6.45) is 2.84. The first-order valence-corrected chi connectivity index (χ1v) is 6.49. The van der Waals surface area contributed by atoms with Crippen molar-refractivity contribution in [1.82, 2.24) is 10.3 Å². The van der Waals surface area contributed by atoms with E-state index < -0.39 is 0 Å². The molecule has 1 unspecified atom stereocenters. The fraction of sp³-hybridized carbons (Fsp3) is 0.312. The number of hydrogen-bond acceptors (Lipinski definition) is 2. The number of aromatic nitrogens is 1. The van der Waals surface area contributed by atoms with Crippen molar-refractivity contribution in [3.05, 3.63) is 65.5 Å². The fourth-order valence-corrected chi connectivity index (χ4v) is 2.18. The largest absolute Gasteiger partial charge is 0.309 e. The van der Waals surface area contributed by atoms with E-state index in [4.69, 9.17) is 0 Å². The van der Waals surface area contributed by atoms with Crippen LogP contribution < -0.4 is 5.32 Å². The predicted molar refractivity (Wildman–Crippen MR) is 75.5 cm³/mol. The lowest BCUT2D eigenvalue weighted by Crippen LogP contribution is -2.23. The van der Waals surface area contributed by atoms with Gasteiger partial charge < -0.3 is 5.32 Å². The molecule has 0 saturated carbocycles. The summed E-state index contributed by atoms with van der Waals surface area (Å²) in [5, 5.41) is 3.50. The molecule has 2 rings (SSSR count). The maximum Gasteiger partial charge on any atom is 0.0576 e. The van der Waals surface area contributed by atoms with E-state index in [0.717, 1.165) is 18.7 Å². The summed E-state index contributed by atoms with van der Waals surface area (Å²) < 4.78 is 0. The molecule has 0 bridgehead atoms. The van der Waals surface area contributed by atoms with Crippen LogP contribution in [0.5, 0.6) is 0 Å². The normalized spacial score (nSPS) is 12.3. The monoisotopic (exact) mass is 240 g/mol.